The maximum Gasteiger partial charge on any atom is 0.0829 e. The Morgan fingerprint density at radius 3 is 2.50 bits per heavy atom. The van der Waals surface area contributed by atoms with Gasteiger partial charge in [0.25, 0.3) is 0 Å². The first kappa shape index (κ1) is 11.9. The van der Waals surface area contributed by atoms with Crippen molar-refractivity contribution in [3.63, 3.8) is 0 Å². The van der Waals surface area contributed by atoms with Gasteiger partial charge in [0, 0.05) is 12.6 Å². The van der Waals surface area contributed by atoms with Gasteiger partial charge < -0.3 is 10.8 Å². The van der Waals surface area contributed by atoms with Crippen molar-refractivity contribution in [2.45, 2.75) is 50.7 Å². The molecule has 4 nitrogen and oxygen atoms in total. The first-order valence-corrected chi connectivity index (χ1v) is 5.61. The van der Waals surface area contributed by atoms with E-state index in [0.717, 1.165) is 6.42 Å². The van der Waals surface area contributed by atoms with E-state index in [1.54, 1.807) is 0 Å². The van der Waals surface area contributed by atoms with Crippen LogP contribution >= 0.6 is 0 Å². The van der Waals surface area contributed by atoms with Gasteiger partial charge in [0.05, 0.1) is 6.10 Å². The molecule has 0 aromatic rings. The van der Waals surface area contributed by atoms with Crippen LogP contribution in [0.2, 0.25) is 0 Å². The van der Waals surface area contributed by atoms with E-state index in [9.17, 15) is 5.11 Å². The molecule has 0 bridgehead atoms. The minimum Gasteiger partial charge on any atom is -0.390 e. The molecule has 0 aliphatic heterocycles. The SMILES string of the molecule is NNCC(O)C(N)CC1CCCCC1. The van der Waals surface area contributed by atoms with Crippen molar-refractivity contribution in [1.29, 1.82) is 0 Å². The van der Waals surface area contributed by atoms with Crippen molar-refractivity contribution in [1.82, 2.24) is 5.43 Å². The second-order valence-electron chi connectivity index (χ2n) is 4.38. The lowest BCUT2D eigenvalue weighted by molar-refractivity contribution is 0.125. The molecule has 1 aliphatic carbocycles. The molecule has 14 heavy (non-hydrogen) atoms. The zero-order chi connectivity index (χ0) is 10.4. The van der Waals surface area contributed by atoms with Gasteiger partial charge in [-0.1, -0.05) is 32.1 Å². The molecule has 0 aromatic carbocycles. The first-order chi connectivity index (χ1) is 6.74. The van der Waals surface area contributed by atoms with E-state index in [-0.39, 0.29) is 6.04 Å². The van der Waals surface area contributed by atoms with Crippen LogP contribution in [0.25, 0.3) is 0 Å². The number of nitrogens with two attached hydrogens (primary N) is 2. The summed E-state index contributed by atoms with van der Waals surface area (Å²) < 4.78 is 0. The fourth-order valence-electron chi connectivity index (χ4n) is 2.24. The smallest absolute Gasteiger partial charge is 0.0829 e. The summed E-state index contributed by atoms with van der Waals surface area (Å²) in [6.45, 7) is 0.383. The summed E-state index contributed by atoms with van der Waals surface area (Å²) >= 11 is 0. The summed E-state index contributed by atoms with van der Waals surface area (Å²) in [6.07, 6.45) is 6.97. The van der Waals surface area contributed by atoms with Crippen LogP contribution in [0.4, 0.5) is 0 Å². The molecule has 1 aliphatic rings. The lowest BCUT2D eigenvalue weighted by atomic mass is 9.84. The second-order valence-corrected chi connectivity index (χ2v) is 4.38. The molecule has 84 valence electrons. The van der Waals surface area contributed by atoms with Crippen LogP contribution in [0, 0.1) is 5.92 Å². The first-order valence-electron chi connectivity index (χ1n) is 5.61. The molecule has 0 spiro atoms. The lowest BCUT2D eigenvalue weighted by Gasteiger charge is -2.26. The molecule has 2 atom stereocenters. The number of nitrogens with one attached hydrogen (secondary N) is 1. The van der Waals surface area contributed by atoms with E-state index in [2.05, 4.69) is 5.43 Å². The number of rotatable bonds is 5. The molecule has 4 heteroatoms. The van der Waals surface area contributed by atoms with Crippen LogP contribution in [0.15, 0.2) is 0 Å². The fraction of sp³-hybridized carbons (Fsp3) is 1.00. The van der Waals surface area contributed by atoms with Crippen LogP contribution in [0.1, 0.15) is 38.5 Å². The minimum absolute atomic E-state index is 0.130. The van der Waals surface area contributed by atoms with Crippen molar-refractivity contribution in [3.05, 3.63) is 0 Å². The topological polar surface area (TPSA) is 84.3 Å². The molecule has 0 aromatic heterocycles. The maximum atomic E-state index is 9.58. The summed E-state index contributed by atoms with van der Waals surface area (Å²) in [5, 5.41) is 9.58. The molecule has 1 rings (SSSR count). The quantitative estimate of drug-likeness (QED) is 0.376. The highest BCUT2D eigenvalue weighted by Crippen LogP contribution is 2.27. The molecule has 6 N–H and O–H groups in total. The number of aliphatic hydroxyl groups is 1. The molecule has 0 radical (unpaired) electrons. The molecule has 0 saturated heterocycles. The molecule has 0 heterocycles. The Balaban J connectivity index is 2.20. The van der Waals surface area contributed by atoms with E-state index in [0.29, 0.717) is 12.5 Å². The Morgan fingerprint density at radius 2 is 1.93 bits per heavy atom. The van der Waals surface area contributed by atoms with Gasteiger partial charge in [-0.25, -0.2) is 0 Å². The van der Waals surface area contributed by atoms with E-state index in [1.807, 2.05) is 0 Å². The number of hydrogen-bond acceptors (Lipinski definition) is 4. The van der Waals surface area contributed by atoms with E-state index >= 15 is 0 Å². The third kappa shape index (κ3) is 3.92. The molecule has 2 unspecified atom stereocenters. The molecular weight excluding hydrogens is 178 g/mol. The summed E-state index contributed by atoms with van der Waals surface area (Å²) in [7, 11) is 0. The third-order valence-electron chi connectivity index (χ3n) is 3.15. The summed E-state index contributed by atoms with van der Waals surface area (Å²) in [5.41, 5.74) is 8.34. The molecule has 0 amide bonds. The van der Waals surface area contributed by atoms with E-state index in [1.165, 1.54) is 32.1 Å². The van der Waals surface area contributed by atoms with Gasteiger partial charge in [-0.05, 0) is 12.3 Å². The summed E-state index contributed by atoms with van der Waals surface area (Å²) in [5.74, 6) is 5.85. The number of aliphatic hydroxyl groups excluding tert-OH is 1. The lowest BCUT2D eigenvalue weighted by Crippen LogP contribution is -2.44. The van der Waals surface area contributed by atoms with Gasteiger partial charge in [-0.3, -0.25) is 11.3 Å². The van der Waals surface area contributed by atoms with Crippen LogP contribution in [-0.4, -0.2) is 23.8 Å². The van der Waals surface area contributed by atoms with Crippen LogP contribution < -0.4 is 17.0 Å². The Kier molecular flexibility index (Phi) is 5.40. The van der Waals surface area contributed by atoms with E-state index in [4.69, 9.17) is 11.6 Å². The molecule has 1 fully saturated rings. The van der Waals surface area contributed by atoms with Crippen molar-refractivity contribution in [3.8, 4) is 0 Å². The zero-order valence-corrected chi connectivity index (χ0v) is 8.78. The standard InChI is InChI=1S/C10H23N3O/c11-9(10(14)7-13-12)6-8-4-2-1-3-5-8/h8-10,13-14H,1-7,11-12H2. The highest BCUT2D eigenvalue weighted by Gasteiger charge is 2.20. The second kappa shape index (κ2) is 6.35. The monoisotopic (exact) mass is 201 g/mol. The van der Waals surface area contributed by atoms with Gasteiger partial charge in [0.15, 0.2) is 0 Å². The van der Waals surface area contributed by atoms with Gasteiger partial charge in [-0.2, -0.15) is 0 Å². The molecular formula is C10H23N3O. The fourth-order valence-corrected chi connectivity index (χ4v) is 2.24. The normalized spacial score (nSPS) is 23.4. The predicted octanol–water partition coefficient (Wildman–Crippen LogP) is 0.108. The Labute approximate surface area is 86.0 Å². The van der Waals surface area contributed by atoms with Crippen LogP contribution in [-0.2, 0) is 0 Å². The van der Waals surface area contributed by atoms with Gasteiger partial charge in [-0.15, -0.1) is 0 Å². The Hall–Kier alpha value is -0.160. The largest absolute Gasteiger partial charge is 0.390 e. The minimum atomic E-state index is -0.512. The average Bonchev–Trinajstić information content (AvgIpc) is 2.19. The summed E-state index contributed by atoms with van der Waals surface area (Å²) in [4.78, 5) is 0. The van der Waals surface area contributed by atoms with Crippen LogP contribution in [0.3, 0.4) is 0 Å². The molecule has 1 saturated carbocycles. The Bertz CT molecular complexity index is 148. The van der Waals surface area contributed by atoms with Crippen molar-refractivity contribution >= 4 is 0 Å². The van der Waals surface area contributed by atoms with Gasteiger partial charge in [0.1, 0.15) is 0 Å². The van der Waals surface area contributed by atoms with Crippen LogP contribution in [0.5, 0.6) is 0 Å². The zero-order valence-electron chi connectivity index (χ0n) is 8.78. The predicted molar refractivity (Wildman–Crippen MR) is 57.4 cm³/mol. The highest BCUT2D eigenvalue weighted by molar-refractivity contribution is 4.78. The van der Waals surface area contributed by atoms with E-state index < -0.39 is 6.10 Å². The highest BCUT2D eigenvalue weighted by atomic mass is 16.3. The number of hydrogen-bond donors (Lipinski definition) is 4. The van der Waals surface area contributed by atoms with Crippen molar-refractivity contribution < 1.29 is 5.11 Å². The van der Waals surface area contributed by atoms with Crippen molar-refractivity contribution in [2.75, 3.05) is 6.54 Å². The number of hydrazine groups is 1. The Morgan fingerprint density at radius 1 is 1.29 bits per heavy atom. The average molecular weight is 201 g/mol. The maximum absolute atomic E-state index is 9.58. The third-order valence-corrected chi connectivity index (χ3v) is 3.15. The van der Waals surface area contributed by atoms with Gasteiger partial charge in [0.2, 0.25) is 0 Å². The summed E-state index contributed by atoms with van der Waals surface area (Å²) in [6, 6.07) is -0.130. The van der Waals surface area contributed by atoms with Crippen molar-refractivity contribution in [2.24, 2.45) is 17.5 Å². The van der Waals surface area contributed by atoms with Gasteiger partial charge >= 0.3 is 0 Å².